The molecule has 1 atom stereocenters. The van der Waals surface area contributed by atoms with E-state index in [1.165, 1.54) is 5.56 Å². The van der Waals surface area contributed by atoms with Crippen LogP contribution in [0.25, 0.3) is 0 Å². The van der Waals surface area contributed by atoms with Crippen LogP contribution < -0.4 is 10.1 Å². The fourth-order valence-electron chi connectivity index (χ4n) is 3.89. The molecular formula is C22H35IN4O3. The van der Waals surface area contributed by atoms with Crippen LogP contribution in [0, 0.1) is 0 Å². The molecule has 0 spiro atoms. The second-order valence-corrected chi connectivity index (χ2v) is 8.33. The summed E-state index contributed by atoms with van der Waals surface area (Å²) in [6.45, 7) is 8.84. The Labute approximate surface area is 197 Å². The highest BCUT2D eigenvalue weighted by Crippen LogP contribution is 2.26. The molecule has 0 saturated carbocycles. The topological polar surface area (TPSA) is 66.4 Å². The Morgan fingerprint density at radius 2 is 1.97 bits per heavy atom. The van der Waals surface area contributed by atoms with Crippen molar-refractivity contribution in [1.82, 2.24) is 15.1 Å². The molecule has 0 aromatic heterocycles. The van der Waals surface area contributed by atoms with Crippen LogP contribution in [0.4, 0.5) is 0 Å². The maximum atomic E-state index is 12.5. The number of hydrogen-bond donors (Lipinski definition) is 1. The second-order valence-electron chi connectivity index (χ2n) is 8.33. The molecule has 0 bridgehead atoms. The maximum absolute atomic E-state index is 12.5. The van der Waals surface area contributed by atoms with Gasteiger partial charge in [-0.3, -0.25) is 9.79 Å². The van der Waals surface area contributed by atoms with Gasteiger partial charge in [-0.15, -0.1) is 24.0 Å². The van der Waals surface area contributed by atoms with E-state index in [1.54, 1.807) is 7.11 Å². The van der Waals surface area contributed by atoms with Gasteiger partial charge in [0.15, 0.2) is 5.96 Å². The Balaban J connectivity index is 0.00000320. The van der Waals surface area contributed by atoms with Crippen molar-refractivity contribution in [2.24, 2.45) is 4.99 Å². The second kappa shape index (κ2) is 11.2. The van der Waals surface area contributed by atoms with Gasteiger partial charge in [-0.1, -0.05) is 26.0 Å². The first-order chi connectivity index (χ1) is 13.9. The van der Waals surface area contributed by atoms with E-state index in [-0.39, 0.29) is 41.4 Å². The van der Waals surface area contributed by atoms with Crippen molar-refractivity contribution >= 4 is 35.8 Å². The van der Waals surface area contributed by atoms with Crippen LogP contribution in [0.1, 0.15) is 32.3 Å². The molecule has 1 unspecified atom stereocenters. The van der Waals surface area contributed by atoms with Gasteiger partial charge in [-0.2, -0.15) is 0 Å². The van der Waals surface area contributed by atoms with Gasteiger partial charge >= 0.3 is 0 Å². The van der Waals surface area contributed by atoms with E-state index in [9.17, 15) is 4.79 Å². The summed E-state index contributed by atoms with van der Waals surface area (Å²) < 4.78 is 10.9. The highest BCUT2D eigenvalue weighted by Gasteiger charge is 2.31. The quantitative estimate of drug-likeness (QED) is 0.360. The number of carbonyl (C=O) groups excluding carboxylic acids is 1. The molecule has 168 valence electrons. The third-order valence-electron chi connectivity index (χ3n) is 5.85. The average Bonchev–Trinajstić information content (AvgIpc) is 3.29. The van der Waals surface area contributed by atoms with E-state index in [4.69, 9.17) is 9.47 Å². The lowest BCUT2D eigenvalue weighted by Gasteiger charge is -2.38. The zero-order chi connectivity index (χ0) is 20.9. The summed E-state index contributed by atoms with van der Waals surface area (Å²) in [4.78, 5) is 21.2. The molecule has 1 aromatic rings. The zero-order valence-electron chi connectivity index (χ0n) is 18.5. The van der Waals surface area contributed by atoms with Gasteiger partial charge in [0.05, 0.1) is 7.11 Å². The zero-order valence-corrected chi connectivity index (χ0v) is 20.8. The van der Waals surface area contributed by atoms with Crippen molar-refractivity contribution in [2.45, 2.75) is 38.2 Å². The molecule has 8 heteroatoms. The average molecular weight is 530 g/mol. The summed E-state index contributed by atoms with van der Waals surface area (Å²) in [6, 6.07) is 8.20. The molecule has 7 nitrogen and oxygen atoms in total. The summed E-state index contributed by atoms with van der Waals surface area (Å²) in [6.07, 6.45) is 1.60. The smallest absolute Gasteiger partial charge is 0.251 e. The monoisotopic (exact) mass is 530 g/mol. The van der Waals surface area contributed by atoms with Gasteiger partial charge in [0.25, 0.3) is 5.91 Å². The number of aliphatic imine (C=N–C) groups is 1. The lowest BCUT2D eigenvalue weighted by molar-refractivity contribution is -0.142. The Kier molecular flexibility index (Phi) is 9.21. The minimum atomic E-state index is -0.234. The Morgan fingerprint density at radius 1 is 1.27 bits per heavy atom. The first-order valence-electron chi connectivity index (χ1n) is 10.4. The summed E-state index contributed by atoms with van der Waals surface area (Å²) in [7, 11) is 3.50. The van der Waals surface area contributed by atoms with E-state index in [1.807, 2.05) is 24.1 Å². The van der Waals surface area contributed by atoms with Crippen molar-refractivity contribution < 1.29 is 14.3 Å². The molecule has 2 saturated heterocycles. The lowest BCUT2D eigenvalue weighted by atomic mass is 9.84. The number of nitrogens with one attached hydrogen (secondary N) is 1. The predicted molar refractivity (Wildman–Crippen MR) is 130 cm³/mol. The lowest BCUT2D eigenvalue weighted by Crippen LogP contribution is -2.56. The number of hydrogen-bond acceptors (Lipinski definition) is 4. The van der Waals surface area contributed by atoms with E-state index >= 15 is 0 Å². The number of benzene rings is 1. The van der Waals surface area contributed by atoms with E-state index in [0.29, 0.717) is 19.7 Å². The normalized spacial score (nSPS) is 20.0. The summed E-state index contributed by atoms with van der Waals surface area (Å²) in [5.74, 6) is 1.89. The van der Waals surface area contributed by atoms with Gasteiger partial charge in [0.1, 0.15) is 11.9 Å². The molecular weight excluding hydrogens is 495 g/mol. The predicted octanol–water partition coefficient (Wildman–Crippen LogP) is 2.49. The minimum absolute atomic E-state index is 0. The van der Waals surface area contributed by atoms with E-state index in [0.717, 1.165) is 44.2 Å². The van der Waals surface area contributed by atoms with E-state index in [2.05, 4.69) is 41.2 Å². The third kappa shape index (κ3) is 6.00. The number of piperazine rings is 1. The van der Waals surface area contributed by atoms with Crippen molar-refractivity contribution in [1.29, 1.82) is 0 Å². The van der Waals surface area contributed by atoms with Crippen molar-refractivity contribution in [3.63, 3.8) is 0 Å². The molecule has 2 fully saturated rings. The van der Waals surface area contributed by atoms with Gasteiger partial charge in [0, 0.05) is 51.8 Å². The van der Waals surface area contributed by atoms with Crippen LogP contribution in [-0.4, -0.2) is 81.3 Å². The van der Waals surface area contributed by atoms with Crippen LogP contribution in [0.3, 0.4) is 0 Å². The maximum Gasteiger partial charge on any atom is 0.251 e. The number of amides is 1. The summed E-state index contributed by atoms with van der Waals surface area (Å²) >= 11 is 0. The van der Waals surface area contributed by atoms with Gasteiger partial charge in [-0.05, 0) is 30.5 Å². The molecule has 2 aliphatic rings. The molecule has 1 N–H and O–H groups in total. The standard InChI is InChI=1S/C22H34N4O3.HI/c1-22(2,17-7-5-8-18(15-17)28-4)16-24-21(23-3)26-12-10-25(11-13-26)20(27)19-9-6-14-29-19;/h5,7-8,15,19H,6,9-14,16H2,1-4H3,(H,23,24);1H. The first-order valence-corrected chi connectivity index (χ1v) is 10.4. The molecule has 2 heterocycles. The molecule has 30 heavy (non-hydrogen) atoms. The number of methoxy groups -OCH3 is 1. The van der Waals surface area contributed by atoms with Crippen molar-refractivity contribution in [3.05, 3.63) is 29.8 Å². The molecule has 0 radical (unpaired) electrons. The van der Waals surface area contributed by atoms with Crippen molar-refractivity contribution in [3.8, 4) is 5.75 Å². The summed E-state index contributed by atoms with van der Waals surface area (Å²) in [5.41, 5.74) is 1.13. The third-order valence-corrected chi connectivity index (χ3v) is 5.85. The van der Waals surface area contributed by atoms with Crippen LogP contribution in [0.15, 0.2) is 29.3 Å². The molecule has 0 aliphatic carbocycles. The molecule has 2 aliphatic heterocycles. The number of carbonyl (C=O) groups is 1. The van der Waals surface area contributed by atoms with Gasteiger partial charge < -0.3 is 24.6 Å². The number of nitrogens with zero attached hydrogens (tertiary/aromatic N) is 3. The van der Waals surface area contributed by atoms with Crippen LogP contribution in [0.5, 0.6) is 5.75 Å². The van der Waals surface area contributed by atoms with E-state index < -0.39 is 0 Å². The Hall–Kier alpha value is -1.55. The van der Waals surface area contributed by atoms with Crippen molar-refractivity contribution in [2.75, 3.05) is 53.5 Å². The summed E-state index contributed by atoms with van der Waals surface area (Å²) in [5, 5.41) is 3.52. The molecule has 1 aromatic carbocycles. The first kappa shape index (κ1) is 24.7. The van der Waals surface area contributed by atoms with Gasteiger partial charge in [0.2, 0.25) is 0 Å². The highest BCUT2D eigenvalue weighted by atomic mass is 127. The Morgan fingerprint density at radius 3 is 2.57 bits per heavy atom. The number of ether oxygens (including phenoxy) is 2. The SMILES string of the molecule is CN=C(NCC(C)(C)c1cccc(OC)c1)N1CCN(C(=O)C2CCCO2)CC1.I. The fraction of sp³-hybridized carbons (Fsp3) is 0.636. The molecule has 1 amide bonds. The minimum Gasteiger partial charge on any atom is -0.497 e. The number of rotatable bonds is 5. The Bertz CT molecular complexity index is 727. The van der Waals surface area contributed by atoms with Gasteiger partial charge in [-0.25, -0.2) is 0 Å². The van der Waals surface area contributed by atoms with Crippen LogP contribution >= 0.6 is 24.0 Å². The largest absolute Gasteiger partial charge is 0.497 e. The van der Waals surface area contributed by atoms with Crippen LogP contribution in [-0.2, 0) is 14.9 Å². The fourth-order valence-corrected chi connectivity index (χ4v) is 3.89. The van der Waals surface area contributed by atoms with Crippen LogP contribution in [0.2, 0.25) is 0 Å². The number of guanidine groups is 1. The highest BCUT2D eigenvalue weighted by molar-refractivity contribution is 14.0. The molecule has 3 rings (SSSR count). The number of halogens is 1.